The van der Waals surface area contributed by atoms with Crippen LogP contribution in [-0.4, -0.2) is 36.0 Å². The van der Waals surface area contributed by atoms with E-state index in [0.717, 1.165) is 25.3 Å². The number of benzene rings is 1. The molecule has 0 unspecified atom stereocenters. The van der Waals surface area contributed by atoms with Gasteiger partial charge in [-0.15, -0.1) is 0 Å². The fraction of sp³-hybridized carbons (Fsp3) is 0.429. The normalized spacial score (nSPS) is 18.1. The lowest BCUT2D eigenvalue weighted by Gasteiger charge is -2.36. The first-order chi connectivity index (χ1) is 10.4. The predicted molar refractivity (Wildman–Crippen MR) is 82.7 cm³/mol. The summed E-state index contributed by atoms with van der Waals surface area (Å²) in [4.78, 5) is 25.1. The SMILES string of the molecule is NC(=O)NC[C@@H]1CCCCN1C(=O)c1cc(F)c(Cl)cc1Cl. The van der Waals surface area contributed by atoms with Crippen LogP contribution in [0.3, 0.4) is 0 Å². The number of primary amides is 1. The van der Waals surface area contributed by atoms with Gasteiger partial charge in [0.15, 0.2) is 0 Å². The Bertz CT molecular complexity index is 598. The fourth-order valence-corrected chi connectivity index (χ4v) is 3.00. The van der Waals surface area contributed by atoms with Gasteiger partial charge in [-0.2, -0.15) is 0 Å². The van der Waals surface area contributed by atoms with Crippen LogP contribution < -0.4 is 11.1 Å². The van der Waals surface area contributed by atoms with Gasteiger partial charge in [-0.1, -0.05) is 23.2 Å². The van der Waals surface area contributed by atoms with Crippen molar-refractivity contribution in [3.63, 3.8) is 0 Å². The van der Waals surface area contributed by atoms with Gasteiger partial charge in [-0.25, -0.2) is 9.18 Å². The average molecular weight is 348 g/mol. The van der Waals surface area contributed by atoms with E-state index in [9.17, 15) is 14.0 Å². The summed E-state index contributed by atoms with van der Waals surface area (Å²) in [5.41, 5.74) is 5.13. The molecule has 0 spiro atoms. The highest BCUT2D eigenvalue weighted by Crippen LogP contribution is 2.27. The summed E-state index contributed by atoms with van der Waals surface area (Å²) in [5.74, 6) is -1.07. The van der Waals surface area contributed by atoms with Gasteiger partial charge in [-0.05, 0) is 31.4 Å². The quantitative estimate of drug-likeness (QED) is 0.825. The van der Waals surface area contributed by atoms with Gasteiger partial charge in [0.2, 0.25) is 0 Å². The van der Waals surface area contributed by atoms with Crippen LogP contribution >= 0.6 is 23.2 Å². The van der Waals surface area contributed by atoms with Crippen molar-refractivity contribution >= 4 is 35.1 Å². The molecule has 3 N–H and O–H groups in total. The summed E-state index contributed by atoms with van der Waals surface area (Å²) in [5, 5.41) is 2.47. The van der Waals surface area contributed by atoms with Gasteiger partial charge >= 0.3 is 6.03 Å². The smallest absolute Gasteiger partial charge is 0.312 e. The van der Waals surface area contributed by atoms with Crippen LogP contribution in [0, 0.1) is 5.82 Å². The van der Waals surface area contributed by atoms with Crippen LogP contribution in [0.15, 0.2) is 12.1 Å². The van der Waals surface area contributed by atoms with Crippen LogP contribution in [0.1, 0.15) is 29.6 Å². The first-order valence-electron chi connectivity index (χ1n) is 6.89. The zero-order valence-corrected chi connectivity index (χ0v) is 13.3. The van der Waals surface area contributed by atoms with Gasteiger partial charge in [-0.3, -0.25) is 4.79 Å². The predicted octanol–water partition coefficient (Wildman–Crippen LogP) is 2.80. The highest BCUT2D eigenvalue weighted by molar-refractivity contribution is 6.36. The molecule has 1 fully saturated rings. The van der Waals surface area contributed by atoms with Crippen LogP contribution in [0.25, 0.3) is 0 Å². The third-order valence-electron chi connectivity index (χ3n) is 3.64. The first kappa shape index (κ1) is 16.8. The molecule has 2 rings (SSSR count). The number of nitrogens with two attached hydrogens (primary N) is 1. The number of hydrogen-bond donors (Lipinski definition) is 2. The number of hydrogen-bond acceptors (Lipinski definition) is 2. The second-order valence-corrected chi connectivity index (χ2v) is 5.95. The summed E-state index contributed by atoms with van der Waals surface area (Å²) in [6.45, 7) is 0.777. The maximum Gasteiger partial charge on any atom is 0.312 e. The Morgan fingerprint density at radius 1 is 1.32 bits per heavy atom. The molecule has 0 saturated carbocycles. The van der Waals surface area contributed by atoms with E-state index in [1.807, 2.05) is 0 Å². The Balaban J connectivity index is 2.21. The van der Waals surface area contributed by atoms with Gasteiger partial charge in [0, 0.05) is 19.1 Å². The van der Waals surface area contributed by atoms with Crippen molar-refractivity contribution in [2.24, 2.45) is 5.73 Å². The Morgan fingerprint density at radius 2 is 2.05 bits per heavy atom. The second-order valence-electron chi connectivity index (χ2n) is 5.14. The lowest BCUT2D eigenvalue weighted by atomic mass is 10.0. The van der Waals surface area contributed by atoms with Crippen LogP contribution in [0.2, 0.25) is 10.0 Å². The summed E-state index contributed by atoms with van der Waals surface area (Å²) < 4.78 is 13.6. The molecule has 22 heavy (non-hydrogen) atoms. The molecular weight excluding hydrogens is 332 g/mol. The number of amides is 3. The average Bonchev–Trinajstić information content (AvgIpc) is 2.48. The van der Waals surface area contributed by atoms with E-state index in [-0.39, 0.29) is 34.1 Å². The Hall–Kier alpha value is -1.53. The molecule has 0 radical (unpaired) electrons. The first-order valence-corrected chi connectivity index (χ1v) is 7.64. The van der Waals surface area contributed by atoms with Crippen molar-refractivity contribution in [3.8, 4) is 0 Å². The standard InChI is InChI=1S/C14H16Cl2FN3O2/c15-10-6-11(16)12(17)5-9(10)13(21)20-4-2-1-3-8(20)7-19-14(18)22/h5-6,8H,1-4,7H2,(H3,18,19,22)/t8-/m0/s1. The van der Waals surface area contributed by atoms with Crippen molar-refractivity contribution in [2.45, 2.75) is 25.3 Å². The molecule has 5 nitrogen and oxygen atoms in total. The topological polar surface area (TPSA) is 75.4 Å². The number of nitrogens with zero attached hydrogens (tertiary/aromatic N) is 1. The number of halogens is 3. The Kier molecular flexibility index (Phi) is 5.47. The molecule has 8 heteroatoms. The van der Waals surface area contributed by atoms with E-state index in [1.165, 1.54) is 6.07 Å². The minimum Gasteiger partial charge on any atom is -0.352 e. The number of nitrogens with one attached hydrogen (secondary N) is 1. The molecule has 1 aliphatic rings. The summed E-state index contributed by atoms with van der Waals surface area (Å²) in [6, 6.07) is 1.42. The lowest BCUT2D eigenvalue weighted by molar-refractivity contribution is 0.0615. The zero-order chi connectivity index (χ0) is 16.3. The molecular formula is C14H16Cl2FN3O2. The van der Waals surface area contributed by atoms with E-state index >= 15 is 0 Å². The third-order valence-corrected chi connectivity index (χ3v) is 4.24. The van der Waals surface area contributed by atoms with Crippen LogP contribution in [0.5, 0.6) is 0 Å². The number of rotatable bonds is 3. The Morgan fingerprint density at radius 3 is 2.73 bits per heavy atom. The van der Waals surface area contributed by atoms with E-state index in [2.05, 4.69) is 5.32 Å². The summed E-state index contributed by atoms with van der Waals surface area (Å²) in [7, 11) is 0. The van der Waals surface area contributed by atoms with E-state index < -0.39 is 11.8 Å². The number of piperidine rings is 1. The molecule has 1 aliphatic heterocycles. The number of likely N-dealkylation sites (tertiary alicyclic amines) is 1. The van der Waals surface area contributed by atoms with Gasteiger partial charge in [0.25, 0.3) is 5.91 Å². The van der Waals surface area contributed by atoms with Crippen molar-refractivity contribution in [1.29, 1.82) is 0 Å². The third kappa shape index (κ3) is 3.81. The number of carbonyl (C=O) groups excluding carboxylic acids is 2. The molecule has 120 valence electrons. The minimum absolute atomic E-state index is 0.0644. The maximum absolute atomic E-state index is 13.6. The van der Waals surface area contributed by atoms with E-state index in [4.69, 9.17) is 28.9 Å². The fourth-order valence-electron chi connectivity index (χ4n) is 2.54. The molecule has 0 bridgehead atoms. The minimum atomic E-state index is -0.696. The highest BCUT2D eigenvalue weighted by atomic mass is 35.5. The molecule has 1 aromatic rings. The number of carbonyl (C=O) groups is 2. The summed E-state index contributed by atoms with van der Waals surface area (Å²) >= 11 is 11.6. The van der Waals surface area contributed by atoms with Gasteiger partial charge in [0.1, 0.15) is 5.82 Å². The zero-order valence-electron chi connectivity index (χ0n) is 11.7. The number of urea groups is 1. The van der Waals surface area contributed by atoms with Crippen molar-refractivity contribution in [3.05, 3.63) is 33.6 Å². The lowest BCUT2D eigenvalue weighted by Crippen LogP contribution is -2.50. The largest absolute Gasteiger partial charge is 0.352 e. The molecule has 0 aliphatic carbocycles. The van der Waals surface area contributed by atoms with Crippen molar-refractivity contribution in [1.82, 2.24) is 10.2 Å². The van der Waals surface area contributed by atoms with Crippen LogP contribution in [-0.2, 0) is 0 Å². The van der Waals surface area contributed by atoms with E-state index in [1.54, 1.807) is 4.90 Å². The molecule has 1 heterocycles. The molecule has 1 saturated heterocycles. The van der Waals surface area contributed by atoms with Crippen molar-refractivity contribution < 1.29 is 14.0 Å². The molecule has 1 atom stereocenters. The van der Waals surface area contributed by atoms with Crippen molar-refractivity contribution in [2.75, 3.05) is 13.1 Å². The second kappa shape index (κ2) is 7.15. The highest BCUT2D eigenvalue weighted by Gasteiger charge is 2.29. The maximum atomic E-state index is 13.6. The Labute approximate surface area is 137 Å². The van der Waals surface area contributed by atoms with Crippen LogP contribution in [0.4, 0.5) is 9.18 Å². The van der Waals surface area contributed by atoms with Gasteiger partial charge < -0.3 is 16.0 Å². The van der Waals surface area contributed by atoms with E-state index in [0.29, 0.717) is 6.54 Å². The molecule has 1 aromatic carbocycles. The summed E-state index contributed by atoms with van der Waals surface area (Å²) in [6.07, 6.45) is 2.52. The molecule has 0 aromatic heterocycles. The van der Waals surface area contributed by atoms with Gasteiger partial charge in [0.05, 0.1) is 15.6 Å². The molecule has 3 amide bonds. The monoisotopic (exact) mass is 347 g/mol.